The molecule has 110 valence electrons. The largest absolute Gasteiger partial charge is 0.362 e. The van der Waals surface area contributed by atoms with Gasteiger partial charge in [-0.2, -0.15) is 0 Å². The Balaban J connectivity index is 1.84. The SMILES string of the molecule is CCCCCCCCCCCCN1CC=CC=C1Br. The van der Waals surface area contributed by atoms with Crippen LogP contribution in [0, 0.1) is 0 Å². The Morgan fingerprint density at radius 1 is 0.947 bits per heavy atom. The first-order chi connectivity index (χ1) is 9.34. The zero-order chi connectivity index (χ0) is 13.8. The summed E-state index contributed by atoms with van der Waals surface area (Å²) in [7, 11) is 0. The summed E-state index contributed by atoms with van der Waals surface area (Å²) >= 11 is 3.61. The molecule has 19 heavy (non-hydrogen) atoms. The van der Waals surface area contributed by atoms with Crippen LogP contribution in [0.3, 0.4) is 0 Å². The summed E-state index contributed by atoms with van der Waals surface area (Å²) in [4.78, 5) is 2.41. The second-order valence-corrected chi connectivity index (χ2v) is 6.36. The lowest BCUT2D eigenvalue weighted by Crippen LogP contribution is -2.23. The molecular weight excluding hydrogens is 298 g/mol. The summed E-state index contributed by atoms with van der Waals surface area (Å²) in [6.07, 6.45) is 20.6. The third kappa shape index (κ3) is 8.52. The zero-order valence-corrected chi connectivity index (χ0v) is 14.1. The molecule has 0 aliphatic carbocycles. The normalized spacial score (nSPS) is 14.8. The first kappa shape index (κ1) is 16.8. The highest BCUT2D eigenvalue weighted by Gasteiger charge is 2.06. The number of unbranched alkanes of at least 4 members (excludes halogenated alkanes) is 9. The Hall–Kier alpha value is -0.240. The van der Waals surface area contributed by atoms with E-state index in [4.69, 9.17) is 0 Å². The van der Waals surface area contributed by atoms with Gasteiger partial charge in [-0.05, 0) is 28.4 Å². The number of halogens is 1. The van der Waals surface area contributed by atoms with Crippen molar-refractivity contribution in [2.75, 3.05) is 13.1 Å². The Morgan fingerprint density at radius 2 is 1.53 bits per heavy atom. The minimum absolute atomic E-state index is 1.06. The summed E-state index contributed by atoms with van der Waals surface area (Å²) in [5, 5.41) is 0. The van der Waals surface area contributed by atoms with Crippen molar-refractivity contribution in [2.45, 2.75) is 71.1 Å². The molecule has 0 N–H and O–H groups in total. The smallest absolute Gasteiger partial charge is 0.0808 e. The fourth-order valence-corrected chi connectivity index (χ4v) is 2.99. The molecule has 0 saturated heterocycles. The standard InChI is InChI=1S/C17H30BrN/c1-2-3-4-5-6-7-8-9-10-12-15-19-16-13-11-14-17(19)18/h11,13-14H,2-10,12,15-16H2,1H3. The summed E-state index contributed by atoms with van der Waals surface area (Å²) in [6, 6.07) is 0. The Bertz CT molecular complexity index is 270. The topological polar surface area (TPSA) is 3.24 Å². The van der Waals surface area contributed by atoms with E-state index in [2.05, 4.69) is 46.0 Å². The fourth-order valence-electron chi connectivity index (χ4n) is 2.52. The van der Waals surface area contributed by atoms with E-state index < -0.39 is 0 Å². The van der Waals surface area contributed by atoms with Crippen molar-refractivity contribution < 1.29 is 0 Å². The van der Waals surface area contributed by atoms with Gasteiger partial charge in [0.25, 0.3) is 0 Å². The van der Waals surface area contributed by atoms with Gasteiger partial charge in [0, 0.05) is 13.1 Å². The predicted molar refractivity (Wildman–Crippen MR) is 89.6 cm³/mol. The minimum Gasteiger partial charge on any atom is -0.362 e. The number of hydrogen-bond donors (Lipinski definition) is 0. The van der Waals surface area contributed by atoms with E-state index in [-0.39, 0.29) is 0 Å². The maximum atomic E-state index is 3.61. The molecule has 1 aliphatic heterocycles. The van der Waals surface area contributed by atoms with Crippen molar-refractivity contribution in [1.82, 2.24) is 4.90 Å². The van der Waals surface area contributed by atoms with Crippen LogP contribution in [-0.2, 0) is 0 Å². The summed E-state index contributed by atoms with van der Waals surface area (Å²) < 4.78 is 1.24. The summed E-state index contributed by atoms with van der Waals surface area (Å²) in [5.41, 5.74) is 0. The Labute approximate surface area is 128 Å². The van der Waals surface area contributed by atoms with Crippen molar-refractivity contribution in [1.29, 1.82) is 0 Å². The number of nitrogens with zero attached hydrogens (tertiary/aromatic N) is 1. The number of allylic oxidation sites excluding steroid dienone is 2. The van der Waals surface area contributed by atoms with Crippen molar-refractivity contribution in [3.05, 3.63) is 22.8 Å². The first-order valence-corrected chi connectivity index (χ1v) is 8.91. The van der Waals surface area contributed by atoms with E-state index >= 15 is 0 Å². The molecule has 0 amide bonds. The average molecular weight is 328 g/mol. The highest BCUT2D eigenvalue weighted by molar-refractivity contribution is 9.11. The van der Waals surface area contributed by atoms with E-state index in [1.54, 1.807) is 0 Å². The van der Waals surface area contributed by atoms with Crippen molar-refractivity contribution in [3.63, 3.8) is 0 Å². The van der Waals surface area contributed by atoms with Gasteiger partial charge in [0.1, 0.15) is 0 Å². The monoisotopic (exact) mass is 327 g/mol. The van der Waals surface area contributed by atoms with Crippen LogP contribution in [0.25, 0.3) is 0 Å². The van der Waals surface area contributed by atoms with Crippen LogP contribution < -0.4 is 0 Å². The minimum atomic E-state index is 1.06. The molecule has 0 radical (unpaired) electrons. The molecule has 0 fully saturated rings. The molecule has 1 rings (SSSR count). The van der Waals surface area contributed by atoms with Gasteiger partial charge in [0.2, 0.25) is 0 Å². The lowest BCUT2D eigenvalue weighted by Gasteiger charge is -2.24. The van der Waals surface area contributed by atoms with Crippen LogP contribution in [0.5, 0.6) is 0 Å². The van der Waals surface area contributed by atoms with Gasteiger partial charge in [0.15, 0.2) is 0 Å². The molecule has 1 aliphatic rings. The lowest BCUT2D eigenvalue weighted by atomic mass is 10.1. The Morgan fingerprint density at radius 3 is 2.11 bits per heavy atom. The van der Waals surface area contributed by atoms with Crippen LogP contribution >= 0.6 is 15.9 Å². The van der Waals surface area contributed by atoms with E-state index in [9.17, 15) is 0 Å². The van der Waals surface area contributed by atoms with E-state index in [1.165, 1.54) is 75.4 Å². The van der Waals surface area contributed by atoms with Crippen LogP contribution in [0.4, 0.5) is 0 Å². The second-order valence-electron chi connectivity index (χ2n) is 5.55. The van der Waals surface area contributed by atoms with Crippen LogP contribution in [-0.4, -0.2) is 18.0 Å². The van der Waals surface area contributed by atoms with E-state index in [0.717, 1.165) is 6.54 Å². The molecule has 0 unspecified atom stereocenters. The zero-order valence-electron chi connectivity index (χ0n) is 12.5. The molecule has 0 aromatic rings. The maximum absolute atomic E-state index is 3.61. The van der Waals surface area contributed by atoms with Crippen molar-refractivity contribution >= 4 is 15.9 Å². The van der Waals surface area contributed by atoms with Gasteiger partial charge < -0.3 is 4.90 Å². The van der Waals surface area contributed by atoms with Gasteiger partial charge in [-0.25, -0.2) is 0 Å². The quantitative estimate of drug-likeness (QED) is 0.331. The predicted octanol–water partition coefficient (Wildman–Crippen LogP) is 6.02. The molecule has 0 aromatic carbocycles. The van der Waals surface area contributed by atoms with Gasteiger partial charge in [-0.15, -0.1) is 0 Å². The molecule has 1 heterocycles. The van der Waals surface area contributed by atoms with Crippen LogP contribution in [0.15, 0.2) is 22.8 Å². The van der Waals surface area contributed by atoms with Crippen LogP contribution in [0.1, 0.15) is 71.1 Å². The second kappa shape index (κ2) is 11.6. The maximum Gasteiger partial charge on any atom is 0.0808 e. The molecule has 0 atom stereocenters. The molecular formula is C17H30BrN. The number of rotatable bonds is 11. The average Bonchev–Trinajstić information content (AvgIpc) is 2.43. The van der Waals surface area contributed by atoms with Gasteiger partial charge in [-0.3, -0.25) is 0 Å². The number of hydrogen-bond acceptors (Lipinski definition) is 1. The summed E-state index contributed by atoms with van der Waals surface area (Å²) in [6.45, 7) is 4.54. The molecule has 0 bridgehead atoms. The van der Waals surface area contributed by atoms with E-state index in [0.29, 0.717) is 0 Å². The van der Waals surface area contributed by atoms with E-state index in [1.807, 2.05) is 0 Å². The molecule has 0 saturated carbocycles. The van der Waals surface area contributed by atoms with Crippen molar-refractivity contribution in [2.24, 2.45) is 0 Å². The van der Waals surface area contributed by atoms with Gasteiger partial charge in [-0.1, -0.05) is 76.9 Å². The molecule has 2 heteroatoms. The molecule has 0 aromatic heterocycles. The third-order valence-corrected chi connectivity index (χ3v) is 4.55. The first-order valence-electron chi connectivity index (χ1n) is 8.12. The molecule has 1 nitrogen and oxygen atoms in total. The third-order valence-electron chi connectivity index (χ3n) is 3.78. The van der Waals surface area contributed by atoms with Gasteiger partial charge >= 0.3 is 0 Å². The highest BCUT2D eigenvalue weighted by Crippen LogP contribution is 2.17. The summed E-state index contributed by atoms with van der Waals surface area (Å²) in [5.74, 6) is 0. The molecule has 0 spiro atoms. The van der Waals surface area contributed by atoms with Gasteiger partial charge in [0.05, 0.1) is 4.61 Å². The fraction of sp³-hybridized carbons (Fsp3) is 0.765. The Kier molecular flexibility index (Phi) is 10.2. The highest BCUT2D eigenvalue weighted by atomic mass is 79.9. The lowest BCUT2D eigenvalue weighted by molar-refractivity contribution is 0.385. The van der Waals surface area contributed by atoms with Crippen LogP contribution in [0.2, 0.25) is 0 Å². The van der Waals surface area contributed by atoms with Crippen molar-refractivity contribution in [3.8, 4) is 0 Å².